The van der Waals surface area contributed by atoms with Gasteiger partial charge in [-0.05, 0) is 61.9 Å². The van der Waals surface area contributed by atoms with Crippen LogP contribution in [0.3, 0.4) is 0 Å². The number of benzene rings is 3. The predicted octanol–water partition coefficient (Wildman–Crippen LogP) is 6.61. The van der Waals surface area contributed by atoms with E-state index in [4.69, 9.17) is 9.26 Å². The minimum Gasteiger partial charge on any atom is -0.492 e. The van der Waals surface area contributed by atoms with Crippen LogP contribution in [-0.2, 0) is 23.7 Å². The van der Waals surface area contributed by atoms with E-state index in [-0.39, 0.29) is 36.7 Å². The van der Waals surface area contributed by atoms with E-state index in [0.717, 1.165) is 43.7 Å². The molecule has 1 aliphatic rings. The second-order valence-electron chi connectivity index (χ2n) is 11.3. The van der Waals surface area contributed by atoms with Crippen molar-refractivity contribution in [3.63, 3.8) is 0 Å². The van der Waals surface area contributed by atoms with Crippen LogP contribution in [0.15, 0.2) is 83.4 Å². The first kappa shape index (κ1) is 33.9. The van der Waals surface area contributed by atoms with Gasteiger partial charge in [0.05, 0.1) is 17.7 Å². The normalized spacial score (nSPS) is 15.5. The summed E-state index contributed by atoms with van der Waals surface area (Å²) in [5, 5.41) is 6.72. The van der Waals surface area contributed by atoms with Crippen molar-refractivity contribution in [1.29, 1.82) is 0 Å². The zero-order chi connectivity index (χ0) is 33.6. The van der Waals surface area contributed by atoms with E-state index >= 15 is 0 Å². The Balaban J connectivity index is 1.25. The van der Waals surface area contributed by atoms with Crippen molar-refractivity contribution in [3.05, 3.63) is 101 Å². The number of carbonyl (C=O) groups is 1. The molecule has 0 spiro atoms. The summed E-state index contributed by atoms with van der Waals surface area (Å²) in [5.41, 5.74) is -0.139. The van der Waals surface area contributed by atoms with Gasteiger partial charge in [-0.25, -0.2) is 0 Å². The van der Waals surface area contributed by atoms with Crippen LogP contribution in [0.1, 0.15) is 41.5 Å². The van der Waals surface area contributed by atoms with Gasteiger partial charge in [0, 0.05) is 31.2 Å². The highest BCUT2D eigenvalue weighted by molar-refractivity contribution is 5.82. The molecule has 1 aromatic heterocycles. The SMILES string of the molecule is CN(Cc1ccccc1)C1CCN(C(C(=O)NCCOc2ccc(C(F)(F)F)cc2)c2nc(-c3ccc(C(F)(F)F)cc3)no2)CC1. The molecule has 250 valence electrons. The Hall–Kier alpha value is -4.43. The van der Waals surface area contributed by atoms with Gasteiger partial charge in [0.25, 0.3) is 5.89 Å². The van der Waals surface area contributed by atoms with Crippen molar-refractivity contribution < 1.29 is 40.4 Å². The molecule has 1 N–H and O–H groups in total. The number of hydrogen-bond acceptors (Lipinski definition) is 7. The number of halogens is 6. The smallest absolute Gasteiger partial charge is 0.416 e. The third-order valence-corrected chi connectivity index (χ3v) is 8.01. The maximum Gasteiger partial charge on any atom is 0.416 e. The molecule has 2 heterocycles. The number of hydrogen-bond donors (Lipinski definition) is 1. The number of nitrogens with zero attached hydrogens (tertiary/aromatic N) is 4. The number of alkyl halides is 6. The fraction of sp³-hybridized carbons (Fsp3) is 0.364. The second kappa shape index (κ2) is 14.6. The van der Waals surface area contributed by atoms with Gasteiger partial charge in [0.1, 0.15) is 12.4 Å². The topological polar surface area (TPSA) is 83.7 Å². The van der Waals surface area contributed by atoms with Gasteiger partial charge in [0.15, 0.2) is 6.04 Å². The molecule has 14 heteroatoms. The van der Waals surface area contributed by atoms with Crippen molar-refractivity contribution in [1.82, 2.24) is 25.3 Å². The van der Waals surface area contributed by atoms with Crippen LogP contribution < -0.4 is 10.1 Å². The number of rotatable bonds is 11. The maximum atomic E-state index is 13.6. The van der Waals surface area contributed by atoms with Crippen molar-refractivity contribution in [2.24, 2.45) is 0 Å². The molecule has 1 aliphatic heterocycles. The lowest BCUT2D eigenvalue weighted by Crippen LogP contribution is -2.48. The van der Waals surface area contributed by atoms with Gasteiger partial charge in [-0.1, -0.05) is 47.6 Å². The average Bonchev–Trinajstić information content (AvgIpc) is 3.53. The molecule has 1 unspecified atom stereocenters. The minimum absolute atomic E-state index is 0.0165. The summed E-state index contributed by atoms with van der Waals surface area (Å²) in [6, 6.07) is 17.9. The molecule has 1 amide bonds. The van der Waals surface area contributed by atoms with E-state index in [1.54, 1.807) is 0 Å². The standard InChI is InChI=1S/C33H33F6N5O3/c1-43(21-22-5-3-2-4-6-22)26-15-18-44(19-16-26)28(30(45)40-17-20-46-27-13-11-25(12-14-27)33(37,38)39)31-41-29(42-47-31)23-7-9-24(10-8-23)32(34,35)36/h2-14,26,28H,15-21H2,1H3,(H,40,45). The monoisotopic (exact) mass is 661 g/mol. The van der Waals surface area contributed by atoms with Crippen LogP contribution in [-0.4, -0.2) is 65.2 Å². The summed E-state index contributed by atoms with van der Waals surface area (Å²) in [6.07, 6.45) is -7.45. The average molecular weight is 662 g/mol. The van der Waals surface area contributed by atoms with Gasteiger partial charge in [-0.2, -0.15) is 31.3 Å². The Morgan fingerprint density at radius 3 is 2.13 bits per heavy atom. The summed E-state index contributed by atoms with van der Waals surface area (Å²) < 4.78 is 88.7. The number of amides is 1. The van der Waals surface area contributed by atoms with Crippen molar-refractivity contribution >= 4 is 5.91 Å². The van der Waals surface area contributed by atoms with Crippen LogP contribution in [0.5, 0.6) is 5.75 Å². The van der Waals surface area contributed by atoms with Gasteiger partial charge < -0.3 is 14.6 Å². The Kier molecular flexibility index (Phi) is 10.5. The number of likely N-dealkylation sites (tertiary alicyclic amines) is 1. The van der Waals surface area contributed by atoms with Crippen LogP contribution in [0.2, 0.25) is 0 Å². The maximum absolute atomic E-state index is 13.6. The number of nitrogens with one attached hydrogen (secondary N) is 1. The van der Waals surface area contributed by atoms with Gasteiger partial charge in [0.2, 0.25) is 11.7 Å². The molecule has 0 bridgehead atoms. The lowest BCUT2D eigenvalue weighted by Gasteiger charge is -2.38. The first-order valence-electron chi connectivity index (χ1n) is 15.0. The van der Waals surface area contributed by atoms with Gasteiger partial charge >= 0.3 is 12.4 Å². The van der Waals surface area contributed by atoms with Crippen molar-refractivity contribution in [2.45, 2.75) is 43.8 Å². The van der Waals surface area contributed by atoms with E-state index in [0.29, 0.717) is 18.7 Å². The second-order valence-corrected chi connectivity index (χ2v) is 11.3. The zero-order valence-corrected chi connectivity index (χ0v) is 25.4. The first-order valence-corrected chi connectivity index (χ1v) is 15.0. The molecule has 5 rings (SSSR count). The van der Waals surface area contributed by atoms with E-state index in [9.17, 15) is 31.1 Å². The molecular weight excluding hydrogens is 628 g/mol. The molecule has 0 radical (unpaired) electrons. The summed E-state index contributed by atoms with van der Waals surface area (Å²) in [5.74, 6) is -0.227. The van der Waals surface area contributed by atoms with E-state index in [2.05, 4.69) is 39.5 Å². The van der Waals surface area contributed by atoms with E-state index in [1.165, 1.54) is 29.8 Å². The first-order chi connectivity index (χ1) is 22.4. The van der Waals surface area contributed by atoms with Gasteiger partial charge in [-0.15, -0.1) is 0 Å². The third-order valence-electron chi connectivity index (χ3n) is 8.01. The highest BCUT2D eigenvalue weighted by atomic mass is 19.4. The molecule has 47 heavy (non-hydrogen) atoms. The Labute approximate surface area is 267 Å². The largest absolute Gasteiger partial charge is 0.492 e. The van der Waals surface area contributed by atoms with Crippen molar-refractivity contribution in [3.8, 4) is 17.1 Å². The summed E-state index contributed by atoms with van der Waals surface area (Å²) in [7, 11) is 2.06. The lowest BCUT2D eigenvalue weighted by atomic mass is 10.0. The summed E-state index contributed by atoms with van der Waals surface area (Å²) in [4.78, 5) is 22.2. The van der Waals surface area contributed by atoms with Crippen LogP contribution in [0.25, 0.3) is 11.4 Å². The molecule has 3 aromatic carbocycles. The van der Waals surface area contributed by atoms with Crippen LogP contribution in [0.4, 0.5) is 26.3 Å². The fourth-order valence-corrected chi connectivity index (χ4v) is 5.47. The van der Waals surface area contributed by atoms with Gasteiger partial charge in [-0.3, -0.25) is 14.6 Å². The lowest BCUT2D eigenvalue weighted by molar-refractivity contribution is -0.138. The van der Waals surface area contributed by atoms with Crippen LogP contribution in [0, 0.1) is 0 Å². The molecule has 1 atom stereocenters. The summed E-state index contributed by atoms with van der Waals surface area (Å²) in [6.45, 7) is 1.85. The van der Waals surface area contributed by atoms with E-state index < -0.39 is 35.4 Å². The molecule has 0 saturated carbocycles. The fourth-order valence-electron chi connectivity index (χ4n) is 5.47. The molecule has 4 aromatic rings. The number of piperidine rings is 1. The molecular formula is C33H33F6N5O3. The Bertz CT molecular complexity index is 1590. The van der Waals surface area contributed by atoms with E-state index in [1.807, 2.05) is 23.1 Å². The quantitative estimate of drug-likeness (QED) is 0.143. The Morgan fingerprint density at radius 2 is 1.53 bits per heavy atom. The molecule has 1 fully saturated rings. The molecule has 8 nitrogen and oxygen atoms in total. The number of aromatic nitrogens is 2. The predicted molar refractivity (Wildman–Crippen MR) is 160 cm³/mol. The summed E-state index contributed by atoms with van der Waals surface area (Å²) >= 11 is 0. The number of carbonyl (C=O) groups excluding carboxylic acids is 1. The number of ether oxygens (including phenoxy) is 1. The van der Waals surface area contributed by atoms with Crippen LogP contribution >= 0.6 is 0 Å². The molecule has 0 aliphatic carbocycles. The highest BCUT2D eigenvalue weighted by Gasteiger charge is 2.36. The Morgan fingerprint density at radius 1 is 0.936 bits per heavy atom. The highest BCUT2D eigenvalue weighted by Crippen LogP contribution is 2.32. The zero-order valence-electron chi connectivity index (χ0n) is 25.4. The minimum atomic E-state index is -4.50. The van der Waals surface area contributed by atoms with Crippen molar-refractivity contribution in [2.75, 3.05) is 33.3 Å². The molecule has 1 saturated heterocycles. The third kappa shape index (κ3) is 8.89.